The quantitative estimate of drug-likeness (QED) is 0.390. The molecule has 2 aromatic carbocycles. The number of aromatic nitrogens is 2. The number of hydrogen-bond donors (Lipinski definition) is 1. The number of halogens is 6. The van der Waals surface area contributed by atoms with E-state index >= 15 is 0 Å². The van der Waals surface area contributed by atoms with Crippen LogP contribution in [0.15, 0.2) is 59.7 Å². The number of imidazole rings is 1. The fourth-order valence-corrected chi connectivity index (χ4v) is 4.93. The van der Waals surface area contributed by atoms with Crippen LogP contribution in [0.25, 0.3) is 11.8 Å². The molecule has 0 saturated carbocycles. The van der Waals surface area contributed by atoms with Crippen LogP contribution in [0.2, 0.25) is 0 Å². The minimum atomic E-state index is -5.05. The molecule has 0 radical (unpaired) electrons. The first-order valence-corrected chi connectivity index (χ1v) is 12.2. The first kappa shape index (κ1) is 27.6. The molecule has 1 fully saturated rings. The van der Waals surface area contributed by atoms with Crippen LogP contribution in [0, 0.1) is 6.92 Å². The lowest BCUT2D eigenvalue weighted by atomic mass is 9.92. The van der Waals surface area contributed by atoms with Gasteiger partial charge in [0.15, 0.2) is 5.84 Å². The van der Waals surface area contributed by atoms with Crippen LogP contribution in [0.4, 0.5) is 26.3 Å². The van der Waals surface area contributed by atoms with Crippen molar-refractivity contribution in [3.05, 3.63) is 82.4 Å². The van der Waals surface area contributed by atoms with E-state index in [9.17, 15) is 31.4 Å². The molecular weight excluding hydrogens is 542 g/mol. The van der Waals surface area contributed by atoms with E-state index < -0.39 is 41.4 Å². The number of aliphatic hydroxyl groups is 1. The Morgan fingerprint density at radius 3 is 2.35 bits per heavy atom. The number of oxime groups is 1. The fourth-order valence-electron chi connectivity index (χ4n) is 4.93. The van der Waals surface area contributed by atoms with Crippen molar-refractivity contribution in [2.75, 3.05) is 20.3 Å². The van der Waals surface area contributed by atoms with E-state index in [4.69, 9.17) is 9.57 Å². The van der Waals surface area contributed by atoms with Gasteiger partial charge in [0.25, 0.3) is 5.72 Å². The summed E-state index contributed by atoms with van der Waals surface area (Å²) in [5.74, 6) is 0.775. The minimum Gasteiger partial charge on any atom is -0.495 e. The van der Waals surface area contributed by atoms with Gasteiger partial charge in [0.2, 0.25) is 0 Å². The van der Waals surface area contributed by atoms with Gasteiger partial charge in [-0.2, -0.15) is 26.3 Å². The van der Waals surface area contributed by atoms with Crippen molar-refractivity contribution < 1.29 is 41.0 Å². The largest absolute Gasteiger partial charge is 0.495 e. The summed E-state index contributed by atoms with van der Waals surface area (Å²) in [6.45, 7) is 1.12. The lowest BCUT2D eigenvalue weighted by Gasteiger charge is -2.39. The average Bonchev–Trinajstić information content (AvgIpc) is 3.52. The third kappa shape index (κ3) is 4.89. The number of rotatable bonds is 5. The molecular formula is C27H24F6N4O3. The van der Waals surface area contributed by atoms with E-state index in [1.807, 2.05) is 29.8 Å². The van der Waals surface area contributed by atoms with Gasteiger partial charge in [-0.1, -0.05) is 11.2 Å². The maximum absolute atomic E-state index is 13.6. The first-order chi connectivity index (χ1) is 18.9. The maximum atomic E-state index is 13.6. The van der Waals surface area contributed by atoms with Gasteiger partial charge in [0.1, 0.15) is 12.4 Å². The van der Waals surface area contributed by atoms with E-state index in [0.717, 1.165) is 16.9 Å². The van der Waals surface area contributed by atoms with Crippen LogP contribution in [0.1, 0.15) is 40.8 Å². The average molecular weight is 567 g/mol. The summed E-state index contributed by atoms with van der Waals surface area (Å²) in [6, 6.07) is 6.60. The second kappa shape index (κ2) is 9.88. The zero-order chi connectivity index (χ0) is 28.9. The molecule has 0 bridgehead atoms. The molecule has 1 saturated heterocycles. The number of methoxy groups -OCH3 is 1. The fraction of sp³-hybridized carbons (Fsp3) is 0.333. The van der Waals surface area contributed by atoms with E-state index in [2.05, 4.69) is 10.1 Å². The van der Waals surface area contributed by atoms with Crippen molar-refractivity contribution in [1.29, 1.82) is 0 Å². The molecule has 7 nitrogen and oxygen atoms in total. The van der Waals surface area contributed by atoms with Crippen molar-refractivity contribution in [1.82, 2.24) is 14.5 Å². The Labute approximate surface area is 224 Å². The van der Waals surface area contributed by atoms with Crippen LogP contribution < -0.4 is 4.74 Å². The summed E-state index contributed by atoms with van der Waals surface area (Å²) >= 11 is 0. The Balaban J connectivity index is 1.52. The molecule has 3 aromatic rings. The Bertz CT molecular complexity index is 1460. The van der Waals surface area contributed by atoms with Crippen molar-refractivity contribution in [3.8, 4) is 11.4 Å². The second-order valence-electron chi connectivity index (χ2n) is 9.52. The molecule has 0 amide bonds. The summed E-state index contributed by atoms with van der Waals surface area (Å²) in [6.07, 6.45) is -3.81. The number of alkyl halides is 6. The monoisotopic (exact) mass is 566 g/mol. The number of aliphatic hydroxyl groups excluding tert-OH is 1. The van der Waals surface area contributed by atoms with Gasteiger partial charge in [-0.25, -0.2) is 4.98 Å². The highest BCUT2D eigenvalue weighted by Gasteiger charge is 2.51. The Kier molecular flexibility index (Phi) is 6.81. The summed E-state index contributed by atoms with van der Waals surface area (Å²) in [5.41, 5.74) is -2.64. The number of amidine groups is 1. The first-order valence-electron chi connectivity index (χ1n) is 12.2. The molecule has 0 spiro atoms. The predicted molar refractivity (Wildman–Crippen MR) is 132 cm³/mol. The molecule has 212 valence electrons. The summed E-state index contributed by atoms with van der Waals surface area (Å²) in [5, 5.41) is 14.4. The van der Waals surface area contributed by atoms with Gasteiger partial charge in [-0.3, -0.25) is 0 Å². The number of fused-ring (bicyclic) bond motifs is 1. The highest BCUT2D eigenvalue weighted by molar-refractivity contribution is 6.03. The molecule has 2 aliphatic heterocycles. The summed E-state index contributed by atoms with van der Waals surface area (Å²) in [7, 11) is 1.52. The van der Waals surface area contributed by atoms with Crippen LogP contribution >= 0.6 is 0 Å². The molecule has 3 heterocycles. The minimum absolute atomic E-state index is 0.0367. The third-order valence-electron chi connectivity index (χ3n) is 6.88. The van der Waals surface area contributed by atoms with Crippen molar-refractivity contribution >= 4 is 11.9 Å². The zero-order valence-electron chi connectivity index (χ0n) is 21.3. The van der Waals surface area contributed by atoms with Crippen LogP contribution in [0.3, 0.4) is 0 Å². The van der Waals surface area contributed by atoms with E-state index in [-0.39, 0.29) is 18.4 Å². The van der Waals surface area contributed by atoms with E-state index in [1.165, 1.54) is 12.0 Å². The van der Waals surface area contributed by atoms with E-state index in [1.54, 1.807) is 18.5 Å². The van der Waals surface area contributed by atoms with Crippen LogP contribution in [0.5, 0.6) is 5.75 Å². The zero-order valence-corrected chi connectivity index (χ0v) is 21.3. The Morgan fingerprint density at radius 1 is 1.07 bits per heavy atom. The lowest BCUT2D eigenvalue weighted by Crippen LogP contribution is -2.51. The SMILES string of the molecule is COc1cc(/C=C2\CCCN3C2=NOC3(CO)c2cc(C(F)(F)F)cc(C(F)(F)F)c2)ccc1-n1cnc(C)c1. The third-order valence-corrected chi connectivity index (χ3v) is 6.88. The molecule has 40 heavy (non-hydrogen) atoms. The molecule has 0 aliphatic carbocycles. The van der Waals surface area contributed by atoms with Gasteiger partial charge >= 0.3 is 12.4 Å². The Hall–Kier alpha value is -4.00. The summed E-state index contributed by atoms with van der Waals surface area (Å²) < 4.78 is 88.7. The number of aryl methyl sites for hydroxylation is 1. The number of benzene rings is 2. The van der Waals surface area contributed by atoms with Crippen LogP contribution in [-0.2, 0) is 22.9 Å². The van der Waals surface area contributed by atoms with Gasteiger partial charge in [-0.05, 0) is 67.3 Å². The topological polar surface area (TPSA) is 72.1 Å². The molecule has 5 rings (SSSR count). The highest BCUT2D eigenvalue weighted by Crippen LogP contribution is 2.44. The molecule has 1 atom stereocenters. The predicted octanol–water partition coefficient (Wildman–Crippen LogP) is 5.90. The molecule has 1 unspecified atom stereocenters. The summed E-state index contributed by atoms with van der Waals surface area (Å²) in [4.78, 5) is 11.1. The smallest absolute Gasteiger partial charge is 0.416 e. The molecule has 13 heteroatoms. The number of ether oxygens (including phenoxy) is 1. The molecule has 1 N–H and O–H groups in total. The molecule has 1 aromatic heterocycles. The van der Waals surface area contributed by atoms with Crippen molar-refractivity contribution in [3.63, 3.8) is 0 Å². The number of nitrogens with zero attached hydrogens (tertiary/aromatic N) is 4. The molecule has 2 aliphatic rings. The number of hydrogen-bond acceptors (Lipinski definition) is 6. The Morgan fingerprint density at radius 2 is 1.77 bits per heavy atom. The standard InChI is InChI=1S/C27H24F6N4O3/c1-16-13-36(15-34-16)22-6-5-17(9-23(22)39-2)8-18-4-3-7-37-24(18)35-40-25(37,14-38)19-10-20(26(28,29)30)12-21(11-19)27(31,32)33/h5-6,8-13,15,38H,3-4,7,14H2,1-2H3/b18-8+. The van der Waals surface area contributed by atoms with Gasteiger partial charge in [0.05, 0.1) is 35.9 Å². The van der Waals surface area contributed by atoms with Crippen molar-refractivity contribution in [2.24, 2.45) is 5.16 Å². The van der Waals surface area contributed by atoms with Crippen LogP contribution in [-0.4, -0.2) is 45.7 Å². The maximum Gasteiger partial charge on any atom is 0.416 e. The van der Waals surface area contributed by atoms with Crippen molar-refractivity contribution in [2.45, 2.75) is 37.8 Å². The normalized spacial score (nSPS) is 20.4. The lowest BCUT2D eigenvalue weighted by molar-refractivity contribution is -0.148. The van der Waals surface area contributed by atoms with E-state index in [0.29, 0.717) is 36.3 Å². The number of piperidine rings is 1. The highest BCUT2D eigenvalue weighted by atomic mass is 19.4. The second-order valence-corrected chi connectivity index (χ2v) is 9.52. The van der Waals surface area contributed by atoms with Gasteiger partial charge in [-0.15, -0.1) is 0 Å². The van der Waals surface area contributed by atoms with Gasteiger partial charge < -0.3 is 24.1 Å². The van der Waals surface area contributed by atoms with Gasteiger partial charge in [0, 0.05) is 18.3 Å².